The van der Waals surface area contributed by atoms with Crippen LogP contribution in [0, 0.1) is 6.92 Å². The average molecular weight is 466 g/mol. The zero-order valence-electron chi connectivity index (χ0n) is 18.7. The molecule has 33 heavy (non-hydrogen) atoms. The predicted octanol–water partition coefficient (Wildman–Crippen LogP) is 3.43. The summed E-state index contributed by atoms with van der Waals surface area (Å²) in [5.41, 5.74) is 3.05. The van der Waals surface area contributed by atoms with Crippen molar-refractivity contribution in [2.45, 2.75) is 31.0 Å². The summed E-state index contributed by atoms with van der Waals surface area (Å²) in [7, 11) is 1.86. The van der Waals surface area contributed by atoms with Crippen LogP contribution < -0.4 is 10.6 Å². The van der Waals surface area contributed by atoms with E-state index < -0.39 is 0 Å². The van der Waals surface area contributed by atoms with Crippen molar-refractivity contribution in [3.05, 3.63) is 59.7 Å². The topological polar surface area (TPSA) is 98.1 Å². The summed E-state index contributed by atoms with van der Waals surface area (Å²) in [6.45, 7) is 3.23. The minimum atomic E-state index is -0.159. The minimum Gasteiger partial charge on any atom is -0.376 e. The predicted molar refractivity (Wildman–Crippen MR) is 128 cm³/mol. The zero-order valence-corrected chi connectivity index (χ0v) is 19.5. The number of nitrogens with one attached hydrogen (secondary N) is 2. The number of rotatable bonds is 8. The summed E-state index contributed by atoms with van der Waals surface area (Å²) in [6.07, 6.45) is 2.16. The van der Waals surface area contributed by atoms with Crippen molar-refractivity contribution < 1.29 is 14.3 Å². The Hall–Kier alpha value is -3.17. The van der Waals surface area contributed by atoms with E-state index >= 15 is 0 Å². The number of hydrogen-bond donors (Lipinski definition) is 2. The number of aryl methyl sites for hydroxylation is 1. The monoisotopic (exact) mass is 465 g/mol. The first kappa shape index (κ1) is 23.0. The Morgan fingerprint density at radius 1 is 1.18 bits per heavy atom. The first-order valence-electron chi connectivity index (χ1n) is 10.9. The first-order chi connectivity index (χ1) is 16.0. The molecule has 2 aromatic carbocycles. The number of anilines is 1. The maximum absolute atomic E-state index is 12.6. The molecule has 3 aromatic rings. The molecule has 4 rings (SSSR count). The Kier molecular flexibility index (Phi) is 7.41. The molecule has 0 spiro atoms. The van der Waals surface area contributed by atoms with Gasteiger partial charge in [0.1, 0.15) is 0 Å². The SMILES string of the molecule is Cc1ccccc1C(=O)Nc1cccc(-c2nnc(SCC(=O)NC[C@H]3CCCO3)n2C)c1. The highest BCUT2D eigenvalue weighted by atomic mass is 32.2. The van der Waals surface area contributed by atoms with Crippen LogP contribution in [0.4, 0.5) is 5.69 Å². The summed E-state index contributed by atoms with van der Waals surface area (Å²) < 4.78 is 7.38. The van der Waals surface area contributed by atoms with Crippen molar-refractivity contribution >= 4 is 29.3 Å². The average Bonchev–Trinajstić information content (AvgIpc) is 3.46. The van der Waals surface area contributed by atoms with Gasteiger partial charge in [-0.1, -0.05) is 42.1 Å². The Morgan fingerprint density at radius 2 is 2.03 bits per heavy atom. The summed E-state index contributed by atoms with van der Waals surface area (Å²) >= 11 is 1.33. The van der Waals surface area contributed by atoms with E-state index in [9.17, 15) is 9.59 Å². The van der Waals surface area contributed by atoms with Gasteiger partial charge in [-0.25, -0.2) is 0 Å². The normalized spacial score (nSPS) is 15.4. The highest BCUT2D eigenvalue weighted by Gasteiger charge is 2.17. The molecule has 172 valence electrons. The number of nitrogens with zero attached hydrogens (tertiary/aromatic N) is 3. The Balaban J connectivity index is 1.38. The van der Waals surface area contributed by atoms with Gasteiger partial charge in [0.25, 0.3) is 5.91 Å². The minimum absolute atomic E-state index is 0.0547. The molecule has 2 N–H and O–H groups in total. The van der Waals surface area contributed by atoms with Crippen molar-refractivity contribution in [1.29, 1.82) is 0 Å². The van der Waals surface area contributed by atoms with Crippen LogP contribution in [0.5, 0.6) is 0 Å². The molecule has 1 atom stereocenters. The van der Waals surface area contributed by atoms with Gasteiger partial charge in [-0.05, 0) is 43.5 Å². The number of aromatic nitrogens is 3. The molecular weight excluding hydrogens is 438 g/mol. The van der Waals surface area contributed by atoms with Gasteiger partial charge in [0.05, 0.1) is 11.9 Å². The van der Waals surface area contributed by atoms with E-state index in [2.05, 4.69) is 20.8 Å². The second-order valence-corrected chi connectivity index (χ2v) is 8.89. The van der Waals surface area contributed by atoms with Crippen molar-refractivity contribution in [1.82, 2.24) is 20.1 Å². The summed E-state index contributed by atoms with van der Waals surface area (Å²) in [5.74, 6) is 0.698. The molecule has 9 heteroatoms. The maximum Gasteiger partial charge on any atom is 0.255 e. The van der Waals surface area contributed by atoms with Crippen LogP contribution in [0.25, 0.3) is 11.4 Å². The number of ether oxygens (including phenoxy) is 1. The van der Waals surface area contributed by atoms with Crippen LogP contribution in [0.15, 0.2) is 53.7 Å². The van der Waals surface area contributed by atoms with Crippen LogP contribution in [0.3, 0.4) is 0 Å². The summed E-state index contributed by atoms with van der Waals surface area (Å²) in [4.78, 5) is 24.8. The van der Waals surface area contributed by atoms with E-state index in [1.165, 1.54) is 11.8 Å². The molecule has 1 aromatic heterocycles. The van der Waals surface area contributed by atoms with Crippen LogP contribution in [-0.2, 0) is 16.6 Å². The van der Waals surface area contributed by atoms with Crippen molar-refractivity contribution in [2.75, 3.05) is 24.2 Å². The molecular formula is C24H27N5O3S. The second-order valence-electron chi connectivity index (χ2n) is 7.94. The van der Waals surface area contributed by atoms with Crippen molar-refractivity contribution in [3.8, 4) is 11.4 Å². The number of benzene rings is 2. The fraction of sp³-hybridized carbons (Fsp3) is 0.333. The van der Waals surface area contributed by atoms with Gasteiger partial charge in [0.15, 0.2) is 11.0 Å². The fourth-order valence-corrected chi connectivity index (χ4v) is 4.41. The molecule has 1 aliphatic rings. The lowest BCUT2D eigenvalue weighted by atomic mass is 10.1. The molecule has 1 saturated heterocycles. The van der Waals surface area contributed by atoms with Crippen molar-refractivity contribution in [2.24, 2.45) is 7.05 Å². The number of thioether (sulfide) groups is 1. The molecule has 1 fully saturated rings. The van der Waals surface area contributed by atoms with Crippen LogP contribution in [-0.4, -0.2) is 51.6 Å². The van der Waals surface area contributed by atoms with E-state index in [0.717, 1.165) is 30.6 Å². The quantitative estimate of drug-likeness (QED) is 0.495. The van der Waals surface area contributed by atoms with Crippen molar-refractivity contribution in [3.63, 3.8) is 0 Å². The molecule has 0 aliphatic carbocycles. The van der Waals surface area contributed by atoms with E-state index in [0.29, 0.717) is 28.8 Å². The third kappa shape index (κ3) is 5.80. The van der Waals surface area contributed by atoms with E-state index in [1.54, 1.807) is 6.07 Å². The van der Waals surface area contributed by atoms with Gasteiger partial charge >= 0.3 is 0 Å². The Bertz CT molecular complexity index is 1140. The van der Waals surface area contributed by atoms with E-state index in [-0.39, 0.29) is 23.7 Å². The van der Waals surface area contributed by atoms with Crippen LogP contribution in [0.2, 0.25) is 0 Å². The molecule has 0 bridgehead atoms. The second kappa shape index (κ2) is 10.6. The lowest BCUT2D eigenvalue weighted by Crippen LogP contribution is -2.32. The van der Waals surface area contributed by atoms with Gasteiger partial charge in [0.2, 0.25) is 5.91 Å². The zero-order chi connectivity index (χ0) is 23.2. The first-order valence-corrected chi connectivity index (χ1v) is 11.9. The Labute approximate surface area is 197 Å². The summed E-state index contributed by atoms with van der Waals surface area (Å²) in [6, 6.07) is 14.9. The van der Waals surface area contributed by atoms with Gasteiger partial charge < -0.3 is 19.9 Å². The number of amides is 2. The molecule has 8 nitrogen and oxygen atoms in total. The highest BCUT2D eigenvalue weighted by molar-refractivity contribution is 7.99. The van der Waals surface area contributed by atoms with E-state index in [1.807, 2.05) is 61.0 Å². The third-order valence-corrected chi connectivity index (χ3v) is 6.51. The maximum atomic E-state index is 12.6. The largest absolute Gasteiger partial charge is 0.376 e. The van der Waals surface area contributed by atoms with Crippen LogP contribution in [0.1, 0.15) is 28.8 Å². The van der Waals surface area contributed by atoms with Gasteiger partial charge in [-0.3, -0.25) is 9.59 Å². The molecule has 2 heterocycles. The lowest BCUT2D eigenvalue weighted by molar-refractivity contribution is -0.119. The highest BCUT2D eigenvalue weighted by Crippen LogP contribution is 2.25. The Morgan fingerprint density at radius 3 is 2.82 bits per heavy atom. The molecule has 1 aliphatic heterocycles. The number of carbonyl (C=O) groups excluding carboxylic acids is 2. The fourth-order valence-electron chi connectivity index (χ4n) is 3.67. The third-order valence-electron chi connectivity index (χ3n) is 5.49. The molecule has 0 saturated carbocycles. The van der Waals surface area contributed by atoms with Gasteiger partial charge in [0, 0.05) is 37.0 Å². The smallest absolute Gasteiger partial charge is 0.255 e. The molecule has 0 radical (unpaired) electrons. The van der Waals surface area contributed by atoms with Crippen LogP contribution >= 0.6 is 11.8 Å². The lowest BCUT2D eigenvalue weighted by Gasteiger charge is -2.10. The van der Waals surface area contributed by atoms with Gasteiger partial charge in [-0.15, -0.1) is 10.2 Å². The molecule has 0 unspecified atom stereocenters. The number of carbonyl (C=O) groups is 2. The summed E-state index contributed by atoms with van der Waals surface area (Å²) in [5, 5.41) is 15.0. The van der Waals surface area contributed by atoms with Gasteiger partial charge in [-0.2, -0.15) is 0 Å². The van der Waals surface area contributed by atoms with E-state index in [4.69, 9.17) is 4.74 Å². The molecule has 2 amide bonds. The standard InChI is InChI=1S/C24H27N5O3S/c1-16-7-3-4-11-20(16)23(31)26-18-9-5-8-17(13-18)22-27-28-24(29(22)2)33-15-21(30)25-14-19-10-6-12-32-19/h3-5,7-9,11,13,19H,6,10,12,14-15H2,1-2H3,(H,25,30)(H,26,31)/t19-/m1/s1. The number of hydrogen-bond acceptors (Lipinski definition) is 6.